The van der Waals surface area contributed by atoms with Gasteiger partial charge in [-0.15, -0.1) is 0 Å². The van der Waals surface area contributed by atoms with Crippen LogP contribution in [0.25, 0.3) is 0 Å². The molecule has 5 rings (SSSR count). The van der Waals surface area contributed by atoms with E-state index in [1.807, 2.05) is 6.07 Å². The van der Waals surface area contributed by atoms with E-state index in [1.54, 1.807) is 7.11 Å². The highest BCUT2D eigenvalue weighted by molar-refractivity contribution is 6.32. The number of anilines is 1. The highest BCUT2D eigenvalue weighted by Gasteiger charge is 2.36. The maximum absolute atomic E-state index is 6.27. The monoisotopic (exact) mass is 527 g/mol. The zero-order valence-electron chi connectivity index (χ0n) is 22.7. The summed E-state index contributed by atoms with van der Waals surface area (Å²) < 4.78 is 17.2. The Morgan fingerprint density at radius 1 is 0.973 bits per heavy atom. The van der Waals surface area contributed by atoms with Crippen LogP contribution in [0.3, 0.4) is 0 Å². The molecule has 3 aliphatic heterocycles. The third-order valence-electron chi connectivity index (χ3n) is 8.56. The molecular formula is C30H42ClN3O3. The van der Waals surface area contributed by atoms with E-state index in [1.165, 1.54) is 41.6 Å². The summed E-state index contributed by atoms with van der Waals surface area (Å²) in [5.41, 5.74) is 5.36. The standard InChI is InChI=1S/C30H42ClN3O3/c1-22-23(2)29(37-17-5-12-32-15-18-36-19-16-32)11-9-26(22)28-7-4-6-25-21-33(13-14-34(25)28)24-8-10-27(31)30(20-24)35-3/h8-11,20,25,28H,4-7,12-19,21H2,1-3H3/t25?,28-/m1/s1. The van der Waals surface area contributed by atoms with Gasteiger partial charge in [-0.3, -0.25) is 9.80 Å². The average molecular weight is 528 g/mol. The minimum Gasteiger partial charge on any atom is -0.495 e. The first kappa shape index (κ1) is 26.6. The molecule has 0 bridgehead atoms. The predicted octanol–water partition coefficient (Wildman–Crippen LogP) is 5.48. The Morgan fingerprint density at radius 2 is 1.81 bits per heavy atom. The molecule has 7 heteroatoms. The molecule has 2 aromatic rings. The number of fused-ring (bicyclic) bond motifs is 1. The van der Waals surface area contributed by atoms with Gasteiger partial charge in [0.05, 0.1) is 32.0 Å². The molecule has 6 nitrogen and oxygen atoms in total. The van der Waals surface area contributed by atoms with E-state index in [0.29, 0.717) is 17.1 Å². The van der Waals surface area contributed by atoms with Gasteiger partial charge in [-0.1, -0.05) is 17.7 Å². The summed E-state index contributed by atoms with van der Waals surface area (Å²) in [4.78, 5) is 7.73. The van der Waals surface area contributed by atoms with Crippen LogP contribution in [0.5, 0.6) is 11.5 Å². The van der Waals surface area contributed by atoms with Crippen molar-refractivity contribution in [1.82, 2.24) is 9.80 Å². The van der Waals surface area contributed by atoms with E-state index >= 15 is 0 Å². The first-order valence-corrected chi connectivity index (χ1v) is 14.3. The van der Waals surface area contributed by atoms with Gasteiger partial charge in [0.1, 0.15) is 11.5 Å². The second-order valence-electron chi connectivity index (χ2n) is 10.7. The predicted molar refractivity (Wildman–Crippen MR) is 151 cm³/mol. The van der Waals surface area contributed by atoms with E-state index in [-0.39, 0.29) is 0 Å². The lowest BCUT2D eigenvalue weighted by atomic mass is 9.86. The third kappa shape index (κ3) is 6.03. The van der Waals surface area contributed by atoms with Crippen molar-refractivity contribution in [1.29, 1.82) is 0 Å². The van der Waals surface area contributed by atoms with E-state index < -0.39 is 0 Å². The molecule has 3 fully saturated rings. The number of ether oxygens (including phenoxy) is 3. The molecule has 0 spiro atoms. The zero-order valence-corrected chi connectivity index (χ0v) is 23.4. The maximum atomic E-state index is 6.27. The topological polar surface area (TPSA) is 37.4 Å². The normalized spacial score (nSPS) is 23.1. The smallest absolute Gasteiger partial charge is 0.139 e. The molecule has 202 valence electrons. The van der Waals surface area contributed by atoms with Crippen molar-refractivity contribution in [2.24, 2.45) is 0 Å². The Morgan fingerprint density at radius 3 is 2.62 bits per heavy atom. The lowest BCUT2D eigenvalue weighted by molar-refractivity contribution is 0.0358. The van der Waals surface area contributed by atoms with Gasteiger partial charge in [0.2, 0.25) is 0 Å². The highest BCUT2D eigenvalue weighted by Crippen LogP contribution is 2.40. The Kier molecular flexibility index (Phi) is 8.81. The van der Waals surface area contributed by atoms with Gasteiger partial charge < -0.3 is 19.1 Å². The SMILES string of the molecule is COc1cc(N2CCN3C(CCC[C@@H]3c3ccc(OCCCN4CCOCC4)c(C)c3C)C2)ccc1Cl. The van der Waals surface area contributed by atoms with Crippen LogP contribution in [-0.2, 0) is 4.74 Å². The zero-order chi connectivity index (χ0) is 25.8. The highest BCUT2D eigenvalue weighted by atomic mass is 35.5. The Labute approximate surface area is 227 Å². The average Bonchev–Trinajstić information content (AvgIpc) is 2.93. The van der Waals surface area contributed by atoms with Crippen LogP contribution in [-0.4, -0.2) is 82.0 Å². The van der Waals surface area contributed by atoms with Crippen LogP contribution in [0.4, 0.5) is 5.69 Å². The largest absolute Gasteiger partial charge is 0.495 e. The molecule has 3 saturated heterocycles. The van der Waals surface area contributed by atoms with E-state index in [2.05, 4.69) is 52.8 Å². The number of piperidine rings is 1. The van der Waals surface area contributed by atoms with Gasteiger partial charge >= 0.3 is 0 Å². The minimum absolute atomic E-state index is 0.481. The van der Waals surface area contributed by atoms with E-state index in [0.717, 1.165) is 77.0 Å². The number of hydrogen-bond donors (Lipinski definition) is 0. The fourth-order valence-electron chi connectivity index (χ4n) is 6.29. The van der Waals surface area contributed by atoms with Crippen LogP contribution >= 0.6 is 11.6 Å². The first-order valence-electron chi connectivity index (χ1n) is 13.9. The number of halogens is 1. The Balaban J connectivity index is 1.21. The number of piperazine rings is 1. The first-order chi connectivity index (χ1) is 18.0. The van der Waals surface area contributed by atoms with Gasteiger partial charge in [-0.2, -0.15) is 0 Å². The molecule has 2 atom stereocenters. The summed E-state index contributed by atoms with van der Waals surface area (Å²) in [5.74, 6) is 1.79. The van der Waals surface area contributed by atoms with Gasteiger partial charge in [0.25, 0.3) is 0 Å². The van der Waals surface area contributed by atoms with Crippen LogP contribution in [0.1, 0.15) is 48.4 Å². The molecule has 0 saturated carbocycles. The van der Waals surface area contributed by atoms with Crippen molar-refractivity contribution in [3.8, 4) is 11.5 Å². The van der Waals surface area contributed by atoms with Crippen LogP contribution in [0.15, 0.2) is 30.3 Å². The molecule has 3 aliphatic rings. The number of rotatable bonds is 8. The molecule has 3 heterocycles. The molecule has 2 aromatic carbocycles. The van der Waals surface area contributed by atoms with Crippen molar-refractivity contribution in [3.63, 3.8) is 0 Å². The Bertz CT molecular complexity index is 1060. The van der Waals surface area contributed by atoms with Crippen molar-refractivity contribution >= 4 is 17.3 Å². The molecule has 0 N–H and O–H groups in total. The number of methoxy groups -OCH3 is 1. The molecular weight excluding hydrogens is 486 g/mol. The number of benzene rings is 2. The van der Waals surface area contributed by atoms with Gasteiger partial charge in [-0.05, 0) is 74.4 Å². The molecule has 0 aliphatic carbocycles. The second-order valence-corrected chi connectivity index (χ2v) is 11.1. The summed E-state index contributed by atoms with van der Waals surface area (Å²) in [6.07, 6.45) is 4.79. The second kappa shape index (κ2) is 12.2. The molecule has 0 radical (unpaired) electrons. The third-order valence-corrected chi connectivity index (χ3v) is 8.87. The number of morpholine rings is 1. The van der Waals surface area contributed by atoms with Crippen molar-refractivity contribution in [3.05, 3.63) is 52.0 Å². The lowest BCUT2D eigenvalue weighted by Crippen LogP contribution is -2.56. The fourth-order valence-corrected chi connectivity index (χ4v) is 6.49. The van der Waals surface area contributed by atoms with Crippen molar-refractivity contribution in [2.45, 2.75) is 51.6 Å². The van der Waals surface area contributed by atoms with Gasteiger partial charge in [0.15, 0.2) is 0 Å². The van der Waals surface area contributed by atoms with Crippen LogP contribution < -0.4 is 14.4 Å². The fraction of sp³-hybridized carbons (Fsp3) is 0.600. The van der Waals surface area contributed by atoms with Gasteiger partial charge in [-0.25, -0.2) is 0 Å². The number of hydrogen-bond acceptors (Lipinski definition) is 6. The summed E-state index contributed by atoms with van der Waals surface area (Å²) in [6.45, 7) is 13.3. The van der Waals surface area contributed by atoms with Crippen molar-refractivity contribution < 1.29 is 14.2 Å². The van der Waals surface area contributed by atoms with Crippen LogP contribution in [0.2, 0.25) is 5.02 Å². The van der Waals surface area contributed by atoms with Crippen LogP contribution in [0, 0.1) is 13.8 Å². The molecule has 1 unspecified atom stereocenters. The lowest BCUT2D eigenvalue weighted by Gasteiger charge is -2.49. The Hall–Kier alpha value is -1.99. The number of nitrogens with zero attached hydrogens (tertiary/aromatic N) is 3. The van der Waals surface area contributed by atoms with Gasteiger partial charge in [0, 0.05) is 63.1 Å². The summed E-state index contributed by atoms with van der Waals surface area (Å²) in [6, 6.07) is 11.7. The molecule has 0 amide bonds. The van der Waals surface area contributed by atoms with E-state index in [4.69, 9.17) is 25.8 Å². The molecule has 37 heavy (non-hydrogen) atoms. The quantitative estimate of drug-likeness (QED) is 0.423. The minimum atomic E-state index is 0.481. The summed E-state index contributed by atoms with van der Waals surface area (Å²) >= 11 is 6.27. The van der Waals surface area contributed by atoms with Crippen molar-refractivity contribution in [2.75, 3.05) is 71.1 Å². The maximum Gasteiger partial charge on any atom is 0.139 e. The molecule has 0 aromatic heterocycles. The summed E-state index contributed by atoms with van der Waals surface area (Å²) in [7, 11) is 1.68. The summed E-state index contributed by atoms with van der Waals surface area (Å²) in [5, 5.41) is 0.665. The van der Waals surface area contributed by atoms with E-state index in [9.17, 15) is 0 Å².